The topological polar surface area (TPSA) is 0 Å². The van der Waals surface area contributed by atoms with E-state index in [4.69, 9.17) is 0 Å². The van der Waals surface area contributed by atoms with Crippen LogP contribution in [0.15, 0.2) is 0 Å². The van der Waals surface area contributed by atoms with Gasteiger partial charge in [-0.3, -0.25) is 0 Å². The lowest BCUT2D eigenvalue weighted by atomic mass is 9.58. The van der Waals surface area contributed by atoms with Gasteiger partial charge in [-0.25, -0.2) is 0 Å². The zero-order valence-electron chi connectivity index (χ0n) is 56.9. The molecule has 450 valence electrons. The zero-order valence-corrected chi connectivity index (χ0v) is 56.9. The molecular weight excluding hydrogens is 913 g/mol. The summed E-state index contributed by atoms with van der Waals surface area (Å²) in [7, 11) is 0. The molecule has 4 bridgehead atoms. The Morgan fingerprint density at radius 3 is 0.947 bits per heavy atom. The van der Waals surface area contributed by atoms with Crippen LogP contribution >= 0.6 is 0 Å². The first kappa shape index (κ1) is 68.5. The number of hydrogen-bond acceptors (Lipinski definition) is 0. The summed E-state index contributed by atoms with van der Waals surface area (Å²) in [5, 5.41) is 0. The van der Waals surface area contributed by atoms with E-state index in [1.165, 1.54) is 212 Å². The summed E-state index contributed by atoms with van der Waals surface area (Å²) >= 11 is 0. The van der Waals surface area contributed by atoms with Gasteiger partial charge in [-0.05, 0) is 237 Å². The van der Waals surface area contributed by atoms with E-state index in [0.717, 1.165) is 57.7 Å². The van der Waals surface area contributed by atoms with Gasteiger partial charge in [0.2, 0.25) is 0 Å². The van der Waals surface area contributed by atoms with Crippen LogP contribution in [0.2, 0.25) is 0 Å². The monoisotopic (exact) mass is 1060 g/mol. The minimum atomic E-state index is 0.507. The maximum absolute atomic E-state index is 2.57. The number of rotatable bonds is 1. The molecule has 12 aliphatic carbocycles. The van der Waals surface area contributed by atoms with Crippen molar-refractivity contribution in [2.75, 3.05) is 0 Å². The quantitative estimate of drug-likeness (QED) is 0.246. The predicted octanol–water partition coefficient (Wildman–Crippen LogP) is 26.5. The molecule has 12 rings (SSSR count). The van der Waals surface area contributed by atoms with Gasteiger partial charge in [0, 0.05) is 0 Å². The van der Waals surface area contributed by atoms with E-state index in [1.807, 2.05) is 0 Å². The first-order valence-electron chi connectivity index (χ1n) is 35.0. The third kappa shape index (κ3) is 23.7. The molecule has 0 aromatic heterocycles. The number of fused-ring (bicyclic) bond motifs is 4. The van der Waals surface area contributed by atoms with Crippen LogP contribution in [0.5, 0.6) is 0 Å². The molecule has 0 heterocycles. The molecule has 0 N–H and O–H groups in total. The Bertz CT molecular complexity index is 1530. The van der Waals surface area contributed by atoms with Crippen molar-refractivity contribution in [2.24, 2.45) is 95.6 Å². The van der Waals surface area contributed by atoms with Gasteiger partial charge < -0.3 is 0 Å². The molecule has 76 heavy (non-hydrogen) atoms. The fourth-order valence-electron chi connectivity index (χ4n) is 16.0. The highest BCUT2D eigenvalue weighted by atomic mass is 14.5. The molecule has 0 heteroatoms. The Hall–Kier alpha value is 0. The van der Waals surface area contributed by atoms with E-state index in [-0.39, 0.29) is 0 Å². The smallest absolute Gasteiger partial charge is 0.0277 e. The van der Waals surface area contributed by atoms with E-state index in [0.29, 0.717) is 37.9 Å². The third-order valence-corrected chi connectivity index (χ3v) is 25.7. The van der Waals surface area contributed by atoms with Crippen molar-refractivity contribution in [3.63, 3.8) is 0 Å². The van der Waals surface area contributed by atoms with Gasteiger partial charge in [0.05, 0.1) is 0 Å². The van der Waals surface area contributed by atoms with Crippen molar-refractivity contribution < 1.29 is 0 Å². The van der Waals surface area contributed by atoms with Crippen molar-refractivity contribution in [3.05, 3.63) is 0 Å². The van der Waals surface area contributed by atoms with Crippen molar-refractivity contribution in [2.45, 2.75) is 389 Å². The van der Waals surface area contributed by atoms with E-state index in [1.54, 1.807) is 32.1 Å². The van der Waals surface area contributed by atoms with Crippen LogP contribution in [-0.2, 0) is 0 Å². The van der Waals surface area contributed by atoms with E-state index < -0.39 is 0 Å². The van der Waals surface area contributed by atoms with Crippen LogP contribution in [0, 0.1) is 95.6 Å². The molecule has 0 amide bonds. The minimum absolute atomic E-state index is 0.507. The second-order valence-electron chi connectivity index (χ2n) is 36.5. The van der Waals surface area contributed by atoms with Crippen LogP contribution in [0.4, 0.5) is 0 Å². The molecular formula is C76H146. The average Bonchev–Trinajstić information content (AvgIpc) is 4.27. The molecule has 12 saturated carbocycles. The van der Waals surface area contributed by atoms with Gasteiger partial charge in [-0.1, -0.05) is 248 Å². The highest BCUT2D eigenvalue weighted by Gasteiger charge is 2.47. The molecule has 0 radical (unpaired) electrons. The van der Waals surface area contributed by atoms with Gasteiger partial charge in [-0.15, -0.1) is 0 Å². The predicted molar refractivity (Wildman–Crippen MR) is 343 cm³/mol. The lowest BCUT2D eigenvalue weighted by molar-refractivity contribution is 0.0286. The van der Waals surface area contributed by atoms with E-state index in [9.17, 15) is 0 Å². The van der Waals surface area contributed by atoms with Gasteiger partial charge in [0.15, 0.2) is 0 Å². The SMILES string of the molecule is CC(C)(C)C1(C)CC1.CC(C)(C)C1(C)CCCCC1.CC1(C)CC1.CC1(C)CCCCC1.CC1(C2CCCCC2)CCCCC1.CC12CCC(CC1)C2.CC1C(C)(C)CCCC1(C)C.CC1CC1.CC1CC2CCC1C2. The van der Waals surface area contributed by atoms with Gasteiger partial charge in [0.1, 0.15) is 0 Å². The molecule has 3 unspecified atom stereocenters. The normalized spacial score (nSPS) is 33.3. The molecule has 12 aliphatic rings. The Morgan fingerprint density at radius 2 is 0.724 bits per heavy atom. The molecule has 0 aromatic rings. The Kier molecular flexibility index (Phi) is 26.1. The molecule has 0 spiro atoms. The largest absolute Gasteiger partial charge is 0.0625 e. The summed E-state index contributed by atoms with van der Waals surface area (Å²) < 4.78 is 0. The highest BCUT2D eigenvalue weighted by molar-refractivity contribution is 4.98. The summed E-state index contributed by atoms with van der Waals surface area (Å²) in [4.78, 5) is 0. The maximum atomic E-state index is 2.57. The lowest BCUT2D eigenvalue weighted by Crippen LogP contribution is -2.38. The van der Waals surface area contributed by atoms with Gasteiger partial charge in [-0.2, -0.15) is 0 Å². The maximum Gasteiger partial charge on any atom is -0.0277 e. The average molecular weight is 1060 g/mol. The fourth-order valence-corrected chi connectivity index (χ4v) is 16.0. The van der Waals surface area contributed by atoms with Crippen molar-refractivity contribution in [1.29, 1.82) is 0 Å². The lowest BCUT2D eigenvalue weighted by Gasteiger charge is -2.47. The fraction of sp³-hybridized carbons (Fsp3) is 1.00. The van der Waals surface area contributed by atoms with Crippen LogP contribution < -0.4 is 0 Å². The molecule has 0 aliphatic heterocycles. The summed E-state index contributed by atoms with van der Waals surface area (Å²) in [5.74, 6) is 7.54. The second-order valence-corrected chi connectivity index (χ2v) is 36.5. The van der Waals surface area contributed by atoms with Crippen LogP contribution in [0.3, 0.4) is 0 Å². The molecule has 12 fully saturated rings. The Morgan fingerprint density at radius 1 is 0.329 bits per heavy atom. The Balaban J connectivity index is 0.000000187. The van der Waals surface area contributed by atoms with E-state index >= 15 is 0 Å². The Labute approximate surface area is 482 Å². The first-order chi connectivity index (χ1) is 35.0. The summed E-state index contributed by atoms with van der Waals surface area (Å²) in [5.41, 5.74) is 6.49. The zero-order chi connectivity index (χ0) is 56.9. The highest BCUT2D eigenvalue weighted by Crippen LogP contribution is 2.58. The standard InChI is InChI=1S/C13H24.2C11H22.2C8H14.2C8H16.C5H10.C4H8/c1-13(10-6-3-7-11-13)12-8-4-2-5-9-12;1-9-10(2,3)7-6-8-11(9,4)5;1-10(2,3)11(4)8-6-5-7-9-11;1-8-4-2-7(6-8)3-5-8;1-6-4-7-2-3-8(6)5-7;1-7(2,3)8(4)5-6-8;1-8(2)6-4-3-5-7-8;1-5(2)3-4-5;1-4-2-3-4/h12H,2-11H2,1H3;9H,6-8H2,1-5H3;5-9H2,1-4H3;7H,2-6H2,1H3;6-8H,2-5H2,1H3;5-6H2,1-4H3;3-7H2,1-2H3;3-4H2,1-2H3;4H,2-3H2,1H3. The van der Waals surface area contributed by atoms with Crippen molar-refractivity contribution >= 4 is 0 Å². The van der Waals surface area contributed by atoms with Gasteiger partial charge in [0.25, 0.3) is 0 Å². The molecule has 0 saturated heterocycles. The van der Waals surface area contributed by atoms with Crippen LogP contribution in [0.25, 0.3) is 0 Å². The van der Waals surface area contributed by atoms with Crippen molar-refractivity contribution in [3.8, 4) is 0 Å². The molecule has 3 atom stereocenters. The third-order valence-electron chi connectivity index (χ3n) is 25.7. The van der Waals surface area contributed by atoms with Crippen LogP contribution in [-0.4, -0.2) is 0 Å². The van der Waals surface area contributed by atoms with Crippen LogP contribution in [0.1, 0.15) is 389 Å². The van der Waals surface area contributed by atoms with E-state index in [2.05, 4.69) is 145 Å². The molecule has 0 aromatic carbocycles. The van der Waals surface area contributed by atoms with Gasteiger partial charge >= 0.3 is 0 Å². The summed E-state index contributed by atoms with van der Waals surface area (Å²) in [6, 6.07) is 0. The first-order valence-corrected chi connectivity index (χ1v) is 35.0. The van der Waals surface area contributed by atoms with Crippen molar-refractivity contribution in [1.82, 2.24) is 0 Å². The summed E-state index contributed by atoms with van der Waals surface area (Å²) in [6.45, 7) is 50.2. The minimum Gasteiger partial charge on any atom is -0.0625 e. The summed E-state index contributed by atoms with van der Waals surface area (Å²) in [6.07, 6.45) is 56.6. The molecule has 0 nitrogen and oxygen atoms in total. The number of hydrogen-bond donors (Lipinski definition) is 0. The second kappa shape index (κ2) is 29.0.